The Labute approximate surface area is 105 Å². The van der Waals surface area contributed by atoms with Crippen LogP contribution in [0.15, 0.2) is 18.3 Å². The summed E-state index contributed by atoms with van der Waals surface area (Å²) in [7, 11) is 0. The third kappa shape index (κ3) is 1.70. The second kappa shape index (κ2) is 4.31. The van der Waals surface area contributed by atoms with Crippen molar-refractivity contribution < 1.29 is 18.7 Å². The van der Waals surface area contributed by atoms with Crippen LogP contribution in [0.3, 0.4) is 0 Å². The quantitative estimate of drug-likeness (QED) is 0.609. The average Bonchev–Trinajstić information content (AvgIpc) is 2.99. The number of pyridine rings is 1. The number of nitrogens with zero attached hydrogens (tertiary/aromatic N) is 1. The second-order valence-electron chi connectivity index (χ2n) is 4.40. The Hall–Kier alpha value is -1.49. The van der Waals surface area contributed by atoms with Crippen molar-refractivity contribution in [3.05, 3.63) is 29.8 Å². The van der Waals surface area contributed by atoms with E-state index in [-0.39, 0.29) is 5.97 Å². The van der Waals surface area contributed by atoms with E-state index in [1.54, 1.807) is 13.8 Å². The first-order valence-electron chi connectivity index (χ1n) is 5.99. The molecular formula is C13H16FNO3. The first-order valence-corrected chi connectivity index (χ1v) is 5.99. The molecule has 2 atom stereocenters. The summed E-state index contributed by atoms with van der Waals surface area (Å²) in [4.78, 5) is 16.0. The largest absolute Gasteiger partial charge is 0.464 e. The smallest absolute Gasteiger partial charge is 0.341 e. The molecule has 1 aliphatic heterocycles. The summed E-state index contributed by atoms with van der Waals surface area (Å²) in [6, 6.07) is 2.84. The standard InChI is InChI=1S/C13H16FNO3/c1-4-13(11(16)17-5-2)12(3,18-13)10-7-6-9(14)8-15-10/h6-8H,4-5H2,1-3H3. The van der Waals surface area contributed by atoms with Gasteiger partial charge in [-0.25, -0.2) is 9.18 Å². The minimum absolute atomic E-state index is 0.302. The molecule has 18 heavy (non-hydrogen) atoms. The van der Waals surface area contributed by atoms with Crippen molar-refractivity contribution in [2.24, 2.45) is 0 Å². The van der Waals surface area contributed by atoms with Crippen LogP contribution in [0, 0.1) is 5.82 Å². The number of rotatable bonds is 4. The summed E-state index contributed by atoms with van der Waals surface area (Å²) in [5, 5.41) is 0. The molecule has 1 aliphatic rings. The fraction of sp³-hybridized carbons (Fsp3) is 0.538. The highest BCUT2D eigenvalue weighted by Crippen LogP contribution is 2.57. The van der Waals surface area contributed by atoms with Crippen molar-refractivity contribution >= 4 is 5.97 Å². The maximum absolute atomic E-state index is 12.9. The van der Waals surface area contributed by atoms with Gasteiger partial charge in [-0.1, -0.05) is 6.92 Å². The van der Waals surface area contributed by atoms with Gasteiger partial charge in [0.05, 0.1) is 18.5 Å². The second-order valence-corrected chi connectivity index (χ2v) is 4.40. The molecule has 2 heterocycles. The fourth-order valence-electron chi connectivity index (χ4n) is 2.28. The topological polar surface area (TPSA) is 51.7 Å². The van der Waals surface area contributed by atoms with E-state index >= 15 is 0 Å². The number of aromatic nitrogens is 1. The maximum atomic E-state index is 12.9. The van der Waals surface area contributed by atoms with Gasteiger partial charge in [0.25, 0.3) is 0 Å². The number of ether oxygens (including phenoxy) is 2. The predicted octanol–water partition coefficient (Wildman–Crippen LogP) is 2.18. The average molecular weight is 253 g/mol. The number of carbonyl (C=O) groups is 1. The zero-order chi connectivity index (χ0) is 13.4. The van der Waals surface area contributed by atoms with E-state index in [2.05, 4.69) is 4.98 Å². The number of carbonyl (C=O) groups excluding carboxylic acids is 1. The van der Waals surface area contributed by atoms with Crippen LogP contribution in [0.2, 0.25) is 0 Å². The van der Waals surface area contributed by atoms with E-state index in [9.17, 15) is 9.18 Å². The monoisotopic (exact) mass is 253 g/mol. The number of halogens is 1. The van der Waals surface area contributed by atoms with Crippen LogP contribution < -0.4 is 0 Å². The predicted molar refractivity (Wildman–Crippen MR) is 62.3 cm³/mol. The minimum Gasteiger partial charge on any atom is -0.464 e. The normalized spacial score (nSPS) is 30.0. The lowest BCUT2D eigenvalue weighted by Crippen LogP contribution is -2.33. The van der Waals surface area contributed by atoms with Crippen LogP contribution in [0.4, 0.5) is 4.39 Å². The van der Waals surface area contributed by atoms with Crippen molar-refractivity contribution in [1.29, 1.82) is 0 Å². The van der Waals surface area contributed by atoms with Gasteiger partial charge in [0.1, 0.15) is 11.4 Å². The third-order valence-corrected chi connectivity index (χ3v) is 3.43. The molecule has 0 amide bonds. The molecule has 2 unspecified atom stereocenters. The minimum atomic E-state index is -0.992. The van der Waals surface area contributed by atoms with E-state index in [0.29, 0.717) is 18.7 Å². The number of hydrogen-bond acceptors (Lipinski definition) is 4. The van der Waals surface area contributed by atoms with Crippen molar-refractivity contribution in [2.75, 3.05) is 6.61 Å². The summed E-state index contributed by atoms with van der Waals surface area (Å²) in [6.07, 6.45) is 1.61. The molecule has 4 nitrogen and oxygen atoms in total. The van der Waals surface area contributed by atoms with Gasteiger partial charge in [-0.3, -0.25) is 4.98 Å². The molecule has 0 N–H and O–H groups in total. The van der Waals surface area contributed by atoms with E-state index in [1.165, 1.54) is 12.1 Å². The highest BCUT2D eigenvalue weighted by Gasteiger charge is 2.73. The molecule has 2 rings (SSSR count). The molecule has 0 aliphatic carbocycles. The zero-order valence-corrected chi connectivity index (χ0v) is 10.7. The molecule has 1 saturated heterocycles. The van der Waals surface area contributed by atoms with Gasteiger partial charge in [0, 0.05) is 0 Å². The Morgan fingerprint density at radius 2 is 2.22 bits per heavy atom. The Bertz CT molecular complexity index is 462. The Morgan fingerprint density at radius 3 is 2.72 bits per heavy atom. The molecule has 1 aromatic rings. The molecule has 1 fully saturated rings. The summed E-state index contributed by atoms with van der Waals surface area (Å²) in [5.41, 5.74) is -1.28. The zero-order valence-electron chi connectivity index (χ0n) is 10.7. The summed E-state index contributed by atoms with van der Waals surface area (Å²) in [5.74, 6) is -0.803. The van der Waals surface area contributed by atoms with E-state index < -0.39 is 17.0 Å². The van der Waals surface area contributed by atoms with Gasteiger partial charge in [-0.05, 0) is 32.4 Å². The van der Waals surface area contributed by atoms with Crippen LogP contribution >= 0.6 is 0 Å². The van der Waals surface area contributed by atoms with Gasteiger partial charge in [0.2, 0.25) is 0 Å². The highest BCUT2D eigenvalue weighted by atomic mass is 19.1. The van der Waals surface area contributed by atoms with Crippen molar-refractivity contribution in [3.63, 3.8) is 0 Å². The summed E-state index contributed by atoms with van der Waals surface area (Å²) < 4.78 is 23.5. The van der Waals surface area contributed by atoms with Crippen LogP contribution in [0.5, 0.6) is 0 Å². The lowest BCUT2D eigenvalue weighted by molar-refractivity contribution is -0.149. The number of esters is 1. The van der Waals surface area contributed by atoms with E-state index in [1.807, 2.05) is 6.92 Å². The third-order valence-electron chi connectivity index (χ3n) is 3.43. The van der Waals surface area contributed by atoms with Gasteiger partial charge < -0.3 is 9.47 Å². The van der Waals surface area contributed by atoms with Crippen molar-refractivity contribution in [3.8, 4) is 0 Å². The lowest BCUT2D eigenvalue weighted by atomic mass is 9.88. The van der Waals surface area contributed by atoms with Crippen LogP contribution in [-0.4, -0.2) is 23.2 Å². The van der Waals surface area contributed by atoms with Crippen LogP contribution in [0.1, 0.15) is 32.9 Å². The first kappa shape index (κ1) is 13.0. The molecule has 0 radical (unpaired) electrons. The summed E-state index contributed by atoms with van der Waals surface area (Å²) in [6.45, 7) is 5.67. The highest BCUT2D eigenvalue weighted by molar-refractivity contribution is 5.85. The molecule has 98 valence electrons. The van der Waals surface area contributed by atoms with E-state index in [4.69, 9.17) is 9.47 Å². The molecular weight excluding hydrogens is 237 g/mol. The fourth-order valence-corrected chi connectivity index (χ4v) is 2.28. The molecule has 0 bridgehead atoms. The van der Waals surface area contributed by atoms with Crippen molar-refractivity contribution in [2.45, 2.75) is 38.4 Å². The molecule has 5 heteroatoms. The molecule has 0 saturated carbocycles. The SMILES string of the molecule is CCOC(=O)C1(CC)OC1(C)c1ccc(F)cn1. The number of hydrogen-bond donors (Lipinski definition) is 0. The van der Waals surface area contributed by atoms with Gasteiger partial charge in [0.15, 0.2) is 5.60 Å². The Morgan fingerprint density at radius 1 is 1.50 bits per heavy atom. The maximum Gasteiger partial charge on any atom is 0.341 e. The molecule has 0 spiro atoms. The lowest BCUT2D eigenvalue weighted by Gasteiger charge is -2.13. The number of epoxide rings is 1. The summed E-state index contributed by atoms with van der Waals surface area (Å²) >= 11 is 0. The van der Waals surface area contributed by atoms with E-state index in [0.717, 1.165) is 6.20 Å². The van der Waals surface area contributed by atoms with Crippen LogP contribution in [0.25, 0.3) is 0 Å². The molecule has 1 aromatic heterocycles. The van der Waals surface area contributed by atoms with Gasteiger partial charge >= 0.3 is 5.97 Å². The Balaban J connectivity index is 2.29. The Kier molecular flexibility index (Phi) is 3.11. The van der Waals surface area contributed by atoms with Gasteiger partial charge in [-0.15, -0.1) is 0 Å². The van der Waals surface area contributed by atoms with Gasteiger partial charge in [-0.2, -0.15) is 0 Å². The van der Waals surface area contributed by atoms with Crippen LogP contribution in [-0.2, 0) is 19.9 Å². The molecule has 0 aromatic carbocycles. The van der Waals surface area contributed by atoms with Crippen molar-refractivity contribution in [1.82, 2.24) is 4.98 Å². The first-order chi connectivity index (χ1) is 8.50.